The predicted molar refractivity (Wildman–Crippen MR) is 102 cm³/mol. The monoisotopic (exact) mass is 365 g/mol. The summed E-state index contributed by atoms with van der Waals surface area (Å²) in [5.74, 6) is -0.908. The zero-order valence-corrected chi connectivity index (χ0v) is 14.7. The van der Waals surface area contributed by atoms with Crippen LogP contribution in [0.1, 0.15) is 23.3 Å². The number of aromatic amines is 1. The Morgan fingerprint density at radius 2 is 1.93 bits per heavy atom. The molecule has 1 unspecified atom stereocenters. The van der Waals surface area contributed by atoms with Crippen molar-refractivity contribution in [1.82, 2.24) is 9.88 Å². The van der Waals surface area contributed by atoms with Crippen molar-refractivity contribution in [2.75, 3.05) is 18.4 Å². The zero-order chi connectivity index (χ0) is 18.8. The molecule has 0 aliphatic carbocycles. The lowest BCUT2D eigenvalue weighted by Crippen LogP contribution is -2.43. The maximum absolute atomic E-state index is 13.9. The number of hydrogen-bond donors (Lipinski definition) is 2. The molecule has 0 saturated carbocycles. The molecular weight excluding hydrogens is 345 g/mol. The Kier molecular flexibility index (Phi) is 4.62. The van der Waals surface area contributed by atoms with Gasteiger partial charge in [-0.05, 0) is 43.2 Å². The minimum atomic E-state index is -0.360. The molecule has 0 bridgehead atoms. The van der Waals surface area contributed by atoms with Crippen LogP contribution in [0, 0.1) is 11.7 Å². The Bertz CT molecular complexity index is 984. The van der Waals surface area contributed by atoms with Crippen molar-refractivity contribution in [2.24, 2.45) is 5.92 Å². The van der Waals surface area contributed by atoms with Crippen LogP contribution in [0.25, 0.3) is 10.9 Å². The highest BCUT2D eigenvalue weighted by Crippen LogP contribution is 2.23. The molecule has 0 radical (unpaired) electrons. The molecule has 5 nitrogen and oxygen atoms in total. The van der Waals surface area contributed by atoms with Gasteiger partial charge < -0.3 is 15.2 Å². The van der Waals surface area contributed by atoms with E-state index in [0.29, 0.717) is 29.7 Å². The second kappa shape index (κ2) is 7.23. The zero-order valence-electron chi connectivity index (χ0n) is 14.7. The fraction of sp³-hybridized carbons (Fsp3) is 0.238. The van der Waals surface area contributed by atoms with E-state index in [9.17, 15) is 14.0 Å². The van der Waals surface area contributed by atoms with Gasteiger partial charge in [-0.2, -0.15) is 0 Å². The number of carbonyl (C=O) groups excluding carboxylic acids is 2. The first-order valence-electron chi connectivity index (χ1n) is 9.04. The van der Waals surface area contributed by atoms with Crippen molar-refractivity contribution in [1.29, 1.82) is 0 Å². The summed E-state index contributed by atoms with van der Waals surface area (Å²) in [5, 5.41) is 3.30. The van der Waals surface area contributed by atoms with Crippen LogP contribution in [0.2, 0.25) is 0 Å². The van der Waals surface area contributed by atoms with Crippen LogP contribution in [0.5, 0.6) is 0 Å². The van der Waals surface area contributed by atoms with Gasteiger partial charge in [0.05, 0.1) is 5.92 Å². The van der Waals surface area contributed by atoms with Crippen LogP contribution in [-0.4, -0.2) is 34.8 Å². The van der Waals surface area contributed by atoms with E-state index in [-0.39, 0.29) is 23.5 Å². The van der Waals surface area contributed by atoms with Crippen molar-refractivity contribution in [3.05, 3.63) is 66.1 Å². The third kappa shape index (κ3) is 3.56. The number of carbonyl (C=O) groups is 2. The van der Waals surface area contributed by atoms with E-state index in [0.717, 1.165) is 18.5 Å². The number of likely N-dealkylation sites (tertiary alicyclic amines) is 1. The van der Waals surface area contributed by atoms with Crippen molar-refractivity contribution in [2.45, 2.75) is 12.8 Å². The maximum Gasteiger partial charge on any atom is 0.270 e. The van der Waals surface area contributed by atoms with Crippen molar-refractivity contribution < 1.29 is 14.0 Å². The molecule has 1 fully saturated rings. The summed E-state index contributed by atoms with van der Waals surface area (Å²) >= 11 is 0. The standard InChI is InChI=1S/C21H20FN3O2/c22-17-9-4-10-18-16(17)12-19(24-18)21(27)25-11-5-6-14(13-25)20(26)23-15-7-2-1-3-8-15/h1-4,7-10,12,14,24H,5-6,11,13H2,(H,23,26). The van der Waals surface area contributed by atoms with Gasteiger partial charge >= 0.3 is 0 Å². The Morgan fingerprint density at radius 3 is 2.70 bits per heavy atom. The van der Waals surface area contributed by atoms with E-state index in [2.05, 4.69) is 10.3 Å². The summed E-state index contributed by atoms with van der Waals surface area (Å²) in [6.07, 6.45) is 1.50. The number of fused-ring (bicyclic) bond motifs is 1. The molecule has 0 spiro atoms. The molecular formula is C21H20FN3O2. The summed E-state index contributed by atoms with van der Waals surface area (Å²) in [4.78, 5) is 30.1. The predicted octanol–water partition coefficient (Wildman–Crippen LogP) is 3.80. The Labute approximate surface area is 156 Å². The summed E-state index contributed by atoms with van der Waals surface area (Å²) in [6.45, 7) is 0.946. The molecule has 3 aromatic rings. The van der Waals surface area contributed by atoms with Crippen LogP contribution in [-0.2, 0) is 4.79 Å². The summed E-state index contributed by atoms with van der Waals surface area (Å²) in [6, 6.07) is 15.5. The molecule has 138 valence electrons. The lowest BCUT2D eigenvalue weighted by atomic mass is 9.96. The number of para-hydroxylation sites is 1. The highest BCUT2D eigenvalue weighted by Gasteiger charge is 2.29. The van der Waals surface area contributed by atoms with Gasteiger partial charge in [-0.25, -0.2) is 4.39 Å². The maximum atomic E-state index is 13.9. The number of benzene rings is 2. The van der Waals surface area contributed by atoms with E-state index in [1.165, 1.54) is 6.07 Å². The summed E-state index contributed by atoms with van der Waals surface area (Å²) in [5.41, 5.74) is 1.69. The molecule has 4 rings (SSSR count). The number of rotatable bonds is 3. The van der Waals surface area contributed by atoms with Gasteiger partial charge in [-0.1, -0.05) is 24.3 Å². The minimum absolute atomic E-state index is 0.0820. The summed E-state index contributed by atoms with van der Waals surface area (Å²) in [7, 11) is 0. The van der Waals surface area contributed by atoms with E-state index < -0.39 is 0 Å². The number of nitrogens with one attached hydrogen (secondary N) is 2. The van der Waals surface area contributed by atoms with Crippen LogP contribution >= 0.6 is 0 Å². The topological polar surface area (TPSA) is 65.2 Å². The largest absolute Gasteiger partial charge is 0.350 e. The van der Waals surface area contributed by atoms with Crippen LogP contribution in [0.15, 0.2) is 54.6 Å². The van der Waals surface area contributed by atoms with E-state index in [1.807, 2.05) is 30.3 Å². The lowest BCUT2D eigenvalue weighted by molar-refractivity contribution is -0.121. The molecule has 2 N–H and O–H groups in total. The van der Waals surface area contributed by atoms with Gasteiger partial charge in [0.2, 0.25) is 5.91 Å². The highest BCUT2D eigenvalue weighted by atomic mass is 19.1. The molecule has 2 aromatic carbocycles. The van der Waals surface area contributed by atoms with Gasteiger partial charge in [0.15, 0.2) is 0 Å². The number of hydrogen-bond acceptors (Lipinski definition) is 2. The van der Waals surface area contributed by atoms with Crippen LogP contribution in [0.3, 0.4) is 0 Å². The average molecular weight is 365 g/mol. The second-order valence-corrected chi connectivity index (χ2v) is 6.83. The third-order valence-electron chi connectivity index (χ3n) is 4.96. The van der Waals surface area contributed by atoms with Gasteiger partial charge in [-0.15, -0.1) is 0 Å². The third-order valence-corrected chi connectivity index (χ3v) is 4.96. The van der Waals surface area contributed by atoms with E-state index in [1.54, 1.807) is 23.1 Å². The number of H-pyrrole nitrogens is 1. The number of anilines is 1. The first-order chi connectivity index (χ1) is 13.1. The highest BCUT2D eigenvalue weighted by molar-refractivity contribution is 5.99. The Morgan fingerprint density at radius 1 is 1.11 bits per heavy atom. The molecule has 1 aliphatic heterocycles. The molecule has 1 saturated heterocycles. The first-order valence-corrected chi connectivity index (χ1v) is 9.04. The summed E-state index contributed by atoms with van der Waals surface area (Å²) < 4.78 is 13.9. The van der Waals surface area contributed by atoms with Gasteiger partial charge in [0.1, 0.15) is 11.5 Å². The lowest BCUT2D eigenvalue weighted by Gasteiger charge is -2.31. The second-order valence-electron chi connectivity index (χ2n) is 6.83. The van der Waals surface area contributed by atoms with E-state index >= 15 is 0 Å². The molecule has 1 aliphatic rings. The molecule has 6 heteroatoms. The molecule has 1 aromatic heterocycles. The fourth-order valence-electron chi connectivity index (χ4n) is 3.55. The smallest absolute Gasteiger partial charge is 0.270 e. The molecule has 2 amide bonds. The SMILES string of the molecule is O=C(Nc1ccccc1)C1CCCN(C(=O)c2cc3c(F)cccc3[nH]2)C1. The van der Waals surface area contributed by atoms with E-state index in [4.69, 9.17) is 0 Å². The van der Waals surface area contributed by atoms with Gasteiger partial charge in [-0.3, -0.25) is 9.59 Å². The minimum Gasteiger partial charge on any atom is -0.350 e. The number of piperidine rings is 1. The fourth-order valence-corrected chi connectivity index (χ4v) is 3.55. The van der Waals surface area contributed by atoms with Crippen molar-refractivity contribution in [3.8, 4) is 0 Å². The number of amides is 2. The van der Waals surface area contributed by atoms with Crippen molar-refractivity contribution in [3.63, 3.8) is 0 Å². The Hall–Kier alpha value is -3.15. The first kappa shape index (κ1) is 17.3. The quantitative estimate of drug-likeness (QED) is 0.741. The van der Waals surface area contributed by atoms with Crippen LogP contribution < -0.4 is 5.32 Å². The molecule has 2 heterocycles. The molecule has 27 heavy (non-hydrogen) atoms. The Balaban J connectivity index is 1.47. The van der Waals surface area contributed by atoms with Crippen molar-refractivity contribution >= 4 is 28.4 Å². The van der Waals surface area contributed by atoms with Crippen LogP contribution in [0.4, 0.5) is 10.1 Å². The van der Waals surface area contributed by atoms with Gasteiger partial charge in [0.25, 0.3) is 5.91 Å². The normalized spacial score (nSPS) is 17.1. The van der Waals surface area contributed by atoms with Gasteiger partial charge in [0, 0.05) is 29.7 Å². The number of aromatic nitrogens is 1. The number of nitrogens with zero attached hydrogens (tertiary/aromatic N) is 1. The average Bonchev–Trinajstić information content (AvgIpc) is 3.14. The number of halogens is 1. The molecule has 1 atom stereocenters.